The number of aryl methyl sites for hydroxylation is 2. The fourth-order valence-electron chi connectivity index (χ4n) is 3.16. The Bertz CT molecular complexity index is 1250. The second-order valence-corrected chi connectivity index (χ2v) is 8.87. The number of ether oxygens (including phenoxy) is 1. The number of benzene rings is 1. The van der Waals surface area contributed by atoms with Crippen molar-refractivity contribution in [1.29, 1.82) is 5.26 Å². The molecular formula is C19H19N6O4P. The van der Waals surface area contributed by atoms with Crippen LogP contribution < -0.4 is 19.5 Å². The standard InChI is InChI=1S/C19H19N6O4P/c1-10-5-6-15-12(7-10)11(2)27-19-17(21)22-9-13(23-19)16-14(8-20)25(3)24-18(16)29-30(4,26)28-15/h5-7,9,11H,1-4H3,(H2,21,22)/t11-,30?/m1/s1. The summed E-state index contributed by atoms with van der Waals surface area (Å²) in [5, 5.41) is 13.8. The smallest absolute Gasteiger partial charge is 0.428 e. The van der Waals surface area contributed by atoms with Gasteiger partial charge in [0.15, 0.2) is 11.5 Å². The second-order valence-electron chi connectivity index (χ2n) is 6.97. The first-order valence-electron chi connectivity index (χ1n) is 9.02. The molecular weight excluding hydrogens is 407 g/mol. The van der Waals surface area contributed by atoms with Gasteiger partial charge in [-0.3, -0.25) is 4.68 Å². The molecule has 0 amide bonds. The first-order chi connectivity index (χ1) is 14.2. The molecule has 0 aliphatic carbocycles. The molecule has 10 nitrogen and oxygen atoms in total. The lowest BCUT2D eigenvalue weighted by Gasteiger charge is -2.22. The summed E-state index contributed by atoms with van der Waals surface area (Å²) in [4.78, 5) is 8.58. The number of nitrogens with two attached hydrogens (primary N) is 1. The van der Waals surface area contributed by atoms with E-state index in [0.29, 0.717) is 11.3 Å². The van der Waals surface area contributed by atoms with E-state index in [0.717, 1.165) is 5.56 Å². The van der Waals surface area contributed by atoms with Gasteiger partial charge in [-0.1, -0.05) is 11.6 Å². The highest BCUT2D eigenvalue weighted by molar-refractivity contribution is 7.53. The van der Waals surface area contributed by atoms with Crippen molar-refractivity contribution >= 4 is 13.4 Å². The number of aromatic nitrogens is 4. The summed E-state index contributed by atoms with van der Waals surface area (Å²) in [6.07, 6.45) is 0.832. The minimum atomic E-state index is -3.68. The van der Waals surface area contributed by atoms with Gasteiger partial charge in [0.25, 0.3) is 11.8 Å². The van der Waals surface area contributed by atoms with Crippen molar-refractivity contribution in [3.05, 3.63) is 41.2 Å². The molecule has 2 aromatic heterocycles. The lowest BCUT2D eigenvalue weighted by atomic mass is 10.1. The third-order valence-electron chi connectivity index (χ3n) is 4.55. The van der Waals surface area contributed by atoms with Gasteiger partial charge in [-0.05, 0) is 26.0 Å². The summed E-state index contributed by atoms with van der Waals surface area (Å²) >= 11 is 0. The Kier molecular flexibility index (Phi) is 4.63. The maximum Gasteiger partial charge on any atom is 0.428 e. The molecule has 3 aromatic rings. The van der Waals surface area contributed by atoms with Gasteiger partial charge in [0.05, 0.1) is 12.9 Å². The molecule has 0 saturated carbocycles. The molecule has 3 heterocycles. The fourth-order valence-corrected chi connectivity index (χ4v) is 4.17. The summed E-state index contributed by atoms with van der Waals surface area (Å²) < 4.78 is 31.9. The van der Waals surface area contributed by atoms with Gasteiger partial charge in [0.2, 0.25) is 0 Å². The highest BCUT2D eigenvalue weighted by Gasteiger charge is 2.31. The predicted molar refractivity (Wildman–Crippen MR) is 108 cm³/mol. The Labute approximate surface area is 172 Å². The zero-order valence-corrected chi connectivity index (χ0v) is 17.7. The van der Waals surface area contributed by atoms with Crippen LogP contribution in [0.5, 0.6) is 17.5 Å². The van der Waals surface area contributed by atoms with Crippen LogP contribution in [0.3, 0.4) is 0 Å². The Morgan fingerprint density at radius 3 is 2.80 bits per heavy atom. The summed E-state index contributed by atoms with van der Waals surface area (Å²) in [7, 11) is -2.12. The fraction of sp³-hybridized carbons (Fsp3) is 0.263. The molecule has 1 aliphatic rings. The van der Waals surface area contributed by atoms with E-state index in [9.17, 15) is 9.83 Å². The van der Waals surface area contributed by atoms with E-state index in [4.69, 9.17) is 19.5 Å². The molecule has 154 valence electrons. The van der Waals surface area contributed by atoms with Crippen molar-refractivity contribution in [2.75, 3.05) is 12.4 Å². The second kappa shape index (κ2) is 7.04. The number of rotatable bonds is 0. The number of nitriles is 1. The van der Waals surface area contributed by atoms with E-state index < -0.39 is 13.7 Å². The quantitative estimate of drug-likeness (QED) is 0.536. The van der Waals surface area contributed by atoms with Crippen LogP contribution in [-0.2, 0) is 11.6 Å². The van der Waals surface area contributed by atoms with Crippen LogP contribution in [0.15, 0.2) is 24.4 Å². The maximum absolute atomic E-state index is 13.2. The van der Waals surface area contributed by atoms with E-state index in [1.54, 1.807) is 20.0 Å². The molecule has 11 heteroatoms. The highest BCUT2D eigenvalue weighted by atomic mass is 31.2. The summed E-state index contributed by atoms with van der Waals surface area (Å²) in [5.74, 6) is 0.447. The number of hydrogen-bond donors (Lipinski definition) is 1. The third kappa shape index (κ3) is 3.44. The van der Waals surface area contributed by atoms with Gasteiger partial charge < -0.3 is 19.5 Å². The number of nitrogens with zero attached hydrogens (tertiary/aromatic N) is 5. The van der Waals surface area contributed by atoms with Crippen molar-refractivity contribution in [3.63, 3.8) is 0 Å². The number of nitrogen functional groups attached to an aromatic ring is 1. The van der Waals surface area contributed by atoms with Crippen LogP contribution in [0.25, 0.3) is 11.3 Å². The first-order valence-corrected chi connectivity index (χ1v) is 11.0. The van der Waals surface area contributed by atoms with Crippen LogP contribution >= 0.6 is 7.60 Å². The minimum absolute atomic E-state index is 0.0628. The molecule has 2 atom stereocenters. The summed E-state index contributed by atoms with van der Waals surface area (Å²) in [6, 6.07) is 7.43. The molecule has 2 bridgehead atoms. The van der Waals surface area contributed by atoms with E-state index in [2.05, 4.69) is 15.1 Å². The highest BCUT2D eigenvalue weighted by Crippen LogP contribution is 2.49. The average Bonchev–Trinajstić information content (AvgIpc) is 2.98. The molecule has 0 radical (unpaired) electrons. The van der Waals surface area contributed by atoms with E-state index in [1.165, 1.54) is 17.5 Å². The molecule has 1 aliphatic heterocycles. The average molecular weight is 426 g/mol. The molecule has 4 rings (SSSR count). The van der Waals surface area contributed by atoms with Crippen molar-refractivity contribution in [2.45, 2.75) is 20.0 Å². The normalized spacial score (nSPS) is 20.2. The van der Waals surface area contributed by atoms with Crippen molar-refractivity contribution in [2.24, 2.45) is 7.05 Å². The predicted octanol–water partition coefficient (Wildman–Crippen LogP) is 3.37. The molecule has 0 fully saturated rings. The summed E-state index contributed by atoms with van der Waals surface area (Å²) in [6.45, 7) is 5.04. The van der Waals surface area contributed by atoms with Crippen LogP contribution in [0, 0.1) is 18.3 Å². The number of anilines is 1. The molecule has 1 unspecified atom stereocenters. The maximum atomic E-state index is 13.2. The van der Waals surface area contributed by atoms with Crippen LogP contribution in [0.1, 0.15) is 29.8 Å². The molecule has 30 heavy (non-hydrogen) atoms. The minimum Gasteiger partial charge on any atom is -0.467 e. The largest absolute Gasteiger partial charge is 0.467 e. The zero-order chi connectivity index (χ0) is 21.6. The van der Waals surface area contributed by atoms with Gasteiger partial charge in [-0.25, -0.2) is 14.5 Å². The first kappa shape index (κ1) is 19.7. The van der Waals surface area contributed by atoms with E-state index >= 15 is 0 Å². The van der Waals surface area contributed by atoms with Gasteiger partial charge in [-0.15, -0.1) is 5.10 Å². The van der Waals surface area contributed by atoms with Gasteiger partial charge in [0.1, 0.15) is 29.2 Å². The topological polar surface area (TPSA) is 138 Å². The lowest BCUT2D eigenvalue weighted by Crippen LogP contribution is -2.11. The third-order valence-corrected chi connectivity index (χ3v) is 5.59. The van der Waals surface area contributed by atoms with Crippen LogP contribution in [0.4, 0.5) is 5.82 Å². The van der Waals surface area contributed by atoms with E-state index in [-0.39, 0.29) is 34.5 Å². The SMILES string of the molecule is Cc1ccc2c(c1)[C@@H](C)Oc1nc(cnc1N)-c1c(nn(C)c1C#N)OP(C)(=O)O2. The van der Waals surface area contributed by atoms with E-state index in [1.807, 2.05) is 25.1 Å². The number of hydrogen-bond acceptors (Lipinski definition) is 9. The Hall–Kier alpha value is -3.57. The van der Waals surface area contributed by atoms with Crippen LogP contribution in [-0.4, -0.2) is 26.4 Å². The Morgan fingerprint density at radius 1 is 1.30 bits per heavy atom. The molecule has 1 aromatic carbocycles. The lowest BCUT2D eigenvalue weighted by molar-refractivity contribution is 0.215. The van der Waals surface area contributed by atoms with Crippen molar-refractivity contribution < 1.29 is 18.3 Å². The summed E-state index contributed by atoms with van der Waals surface area (Å²) in [5.41, 5.74) is 8.20. The monoisotopic (exact) mass is 426 g/mol. The van der Waals surface area contributed by atoms with Gasteiger partial charge in [-0.2, -0.15) is 5.26 Å². The Balaban J connectivity index is 1.98. The molecule has 2 N–H and O–H groups in total. The van der Waals surface area contributed by atoms with Crippen LogP contribution in [0.2, 0.25) is 0 Å². The van der Waals surface area contributed by atoms with Gasteiger partial charge in [0, 0.05) is 12.6 Å². The van der Waals surface area contributed by atoms with Gasteiger partial charge >= 0.3 is 7.60 Å². The van der Waals surface area contributed by atoms with Crippen molar-refractivity contribution in [1.82, 2.24) is 19.7 Å². The molecule has 0 spiro atoms. The van der Waals surface area contributed by atoms with Crippen molar-refractivity contribution in [3.8, 4) is 34.8 Å². The molecule has 0 saturated heterocycles. The zero-order valence-electron chi connectivity index (χ0n) is 16.8. The Morgan fingerprint density at radius 2 is 2.07 bits per heavy atom. The number of fused-ring (bicyclic) bond motifs is 5.